The van der Waals surface area contributed by atoms with Gasteiger partial charge in [-0.2, -0.15) is 0 Å². The molecule has 114 valence electrons. The third-order valence-corrected chi connectivity index (χ3v) is 4.82. The molecular formula is C14H8Br2Cl2N2O2. The first-order valence-electron chi connectivity index (χ1n) is 5.86. The maximum atomic E-state index is 12.7. The van der Waals surface area contributed by atoms with Gasteiger partial charge >= 0.3 is 6.03 Å². The summed E-state index contributed by atoms with van der Waals surface area (Å²) >= 11 is 18.4. The number of rotatable bonds is 2. The fraction of sp³-hybridized carbons (Fsp3) is 0. The Bertz CT molecular complexity index is 748. The first-order chi connectivity index (χ1) is 10.3. The van der Waals surface area contributed by atoms with Crippen LogP contribution in [-0.4, -0.2) is 11.9 Å². The van der Waals surface area contributed by atoms with Crippen molar-refractivity contribution in [3.63, 3.8) is 0 Å². The van der Waals surface area contributed by atoms with Crippen molar-refractivity contribution in [2.45, 2.75) is 0 Å². The van der Waals surface area contributed by atoms with Crippen molar-refractivity contribution in [3.05, 3.63) is 61.0 Å². The molecule has 2 rings (SSSR count). The van der Waals surface area contributed by atoms with E-state index in [1.807, 2.05) is 0 Å². The van der Waals surface area contributed by atoms with E-state index in [1.165, 1.54) is 18.2 Å². The van der Waals surface area contributed by atoms with E-state index >= 15 is 0 Å². The lowest BCUT2D eigenvalue weighted by atomic mass is 10.2. The van der Waals surface area contributed by atoms with Crippen LogP contribution in [0.2, 0.25) is 10.0 Å². The number of urea groups is 1. The second-order valence-corrected chi connectivity index (χ2v) is 6.70. The summed E-state index contributed by atoms with van der Waals surface area (Å²) in [7, 11) is 0. The van der Waals surface area contributed by atoms with Crippen LogP contribution in [0.5, 0.6) is 0 Å². The molecule has 0 spiro atoms. The van der Waals surface area contributed by atoms with Crippen molar-refractivity contribution < 1.29 is 9.59 Å². The minimum absolute atomic E-state index is 0.212. The Morgan fingerprint density at radius 1 is 1.00 bits per heavy atom. The number of amides is 3. The predicted octanol–water partition coefficient (Wildman–Crippen LogP) is 5.24. The van der Waals surface area contributed by atoms with Crippen LogP contribution in [0.1, 0.15) is 10.4 Å². The van der Waals surface area contributed by atoms with E-state index in [1.54, 1.807) is 18.2 Å². The van der Waals surface area contributed by atoms with Gasteiger partial charge in [0.25, 0.3) is 5.91 Å². The Balaban J connectivity index is 2.55. The maximum absolute atomic E-state index is 12.7. The Labute approximate surface area is 153 Å². The number of halogens is 4. The van der Waals surface area contributed by atoms with E-state index in [-0.39, 0.29) is 16.3 Å². The summed E-state index contributed by atoms with van der Waals surface area (Å²) in [4.78, 5) is 25.3. The van der Waals surface area contributed by atoms with Crippen molar-refractivity contribution in [2.75, 3.05) is 4.90 Å². The summed E-state index contributed by atoms with van der Waals surface area (Å²) < 4.78 is 1.05. The molecule has 0 atom stereocenters. The van der Waals surface area contributed by atoms with E-state index in [9.17, 15) is 9.59 Å². The zero-order chi connectivity index (χ0) is 16.4. The second kappa shape index (κ2) is 7.00. The number of hydrogen-bond acceptors (Lipinski definition) is 2. The van der Waals surface area contributed by atoms with Gasteiger partial charge in [0.1, 0.15) is 0 Å². The Kier molecular flexibility index (Phi) is 5.50. The maximum Gasteiger partial charge on any atom is 0.326 e. The van der Waals surface area contributed by atoms with Gasteiger partial charge in [0.05, 0.1) is 21.3 Å². The molecule has 0 fully saturated rings. The average molecular weight is 467 g/mol. The summed E-state index contributed by atoms with van der Waals surface area (Å²) in [5.41, 5.74) is 5.86. The van der Waals surface area contributed by atoms with E-state index in [0.29, 0.717) is 14.0 Å². The molecule has 0 bridgehead atoms. The van der Waals surface area contributed by atoms with Crippen molar-refractivity contribution in [1.82, 2.24) is 0 Å². The molecule has 3 amide bonds. The molecule has 0 aliphatic heterocycles. The molecule has 4 nitrogen and oxygen atoms in total. The van der Waals surface area contributed by atoms with Crippen LogP contribution in [0.25, 0.3) is 0 Å². The largest absolute Gasteiger partial charge is 0.351 e. The number of anilines is 1. The number of nitrogens with zero attached hydrogens (tertiary/aromatic N) is 1. The molecule has 0 heterocycles. The van der Waals surface area contributed by atoms with Gasteiger partial charge < -0.3 is 5.73 Å². The zero-order valence-electron chi connectivity index (χ0n) is 10.8. The molecule has 0 aromatic heterocycles. The topological polar surface area (TPSA) is 63.4 Å². The number of imide groups is 1. The molecule has 2 aromatic carbocycles. The monoisotopic (exact) mass is 464 g/mol. The van der Waals surface area contributed by atoms with Crippen molar-refractivity contribution >= 4 is 72.7 Å². The third-order valence-electron chi connectivity index (χ3n) is 2.76. The summed E-state index contributed by atoms with van der Waals surface area (Å²) in [5.74, 6) is -0.592. The van der Waals surface area contributed by atoms with Crippen LogP contribution >= 0.6 is 55.1 Å². The number of benzene rings is 2. The summed E-state index contributed by atoms with van der Waals surface area (Å²) in [6.45, 7) is 0. The number of hydrogen-bond donors (Lipinski definition) is 1. The standard InChI is InChI=1S/C14H8Br2Cl2N2O2/c15-8-2-1-3-9(16)12(8)13(21)20(14(19)22)7-4-5-10(17)11(18)6-7/h1-6H,(H2,19,22). The van der Waals surface area contributed by atoms with Crippen molar-refractivity contribution in [3.8, 4) is 0 Å². The fourth-order valence-corrected chi connectivity index (χ4v) is 3.41. The molecule has 0 aliphatic rings. The van der Waals surface area contributed by atoms with Gasteiger partial charge in [0.2, 0.25) is 0 Å². The lowest BCUT2D eigenvalue weighted by Gasteiger charge is -2.20. The van der Waals surface area contributed by atoms with Gasteiger partial charge in [-0.15, -0.1) is 0 Å². The predicted molar refractivity (Wildman–Crippen MR) is 94.7 cm³/mol. The van der Waals surface area contributed by atoms with Gasteiger partial charge in [-0.25, -0.2) is 9.69 Å². The van der Waals surface area contributed by atoms with Crippen LogP contribution in [-0.2, 0) is 0 Å². The molecule has 2 N–H and O–H groups in total. The fourth-order valence-electron chi connectivity index (χ4n) is 1.78. The van der Waals surface area contributed by atoms with E-state index < -0.39 is 11.9 Å². The molecule has 0 unspecified atom stereocenters. The lowest BCUT2D eigenvalue weighted by molar-refractivity contribution is 0.0993. The molecule has 8 heteroatoms. The Hall–Kier alpha value is -1.08. The molecule has 0 saturated heterocycles. The van der Waals surface area contributed by atoms with Crippen LogP contribution in [0.4, 0.5) is 10.5 Å². The highest BCUT2D eigenvalue weighted by Gasteiger charge is 2.26. The highest BCUT2D eigenvalue weighted by Crippen LogP contribution is 2.31. The van der Waals surface area contributed by atoms with Crippen molar-refractivity contribution in [2.24, 2.45) is 5.73 Å². The molecule has 2 aromatic rings. The second-order valence-electron chi connectivity index (χ2n) is 4.17. The zero-order valence-corrected chi connectivity index (χ0v) is 15.5. The Morgan fingerprint density at radius 2 is 1.59 bits per heavy atom. The third kappa shape index (κ3) is 3.46. The van der Waals surface area contributed by atoms with E-state index in [4.69, 9.17) is 28.9 Å². The van der Waals surface area contributed by atoms with E-state index in [2.05, 4.69) is 31.9 Å². The van der Waals surface area contributed by atoms with E-state index in [0.717, 1.165) is 4.90 Å². The SMILES string of the molecule is NC(=O)N(C(=O)c1c(Br)cccc1Br)c1ccc(Cl)c(Cl)c1. The van der Waals surface area contributed by atoms with Gasteiger partial charge in [-0.05, 0) is 62.2 Å². The summed E-state index contributed by atoms with van der Waals surface area (Å²) in [5, 5.41) is 0.522. The minimum atomic E-state index is -0.925. The van der Waals surface area contributed by atoms with Crippen molar-refractivity contribution in [1.29, 1.82) is 0 Å². The molecular weight excluding hydrogens is 459 g/mol. The highest BCUT2D eigenvalue weighted by molar-refractivity contribution is 9.11. The van der Waals surface area contributed by atoms with Gasteiger partial charge in [0.15, 0.2) is 0 Å². The minimum Gasteiger partial charge on any atom is -0.351 e. The molecule has 0 saturated carbocycles. The summed E-state index contributed by atoms with van der Waals surface area (Å²) in [6.07, 6.45) is 0. The van der Waals surface area contributed by atoms with Gasteiger partial charge in [0, 0.05) is 8.95 Å². The average Bonchev–Trinajstić information content (AvgIpc) is 2.42. The van der Waals surface area contributed by atoms with Crippen LogP contribution in [0.15, 0.2) is 45.3 Å². The molecule has 22 heavy (non-hydrogen) atoms. The first kappa shape index (κ1) is 17.3. The van der Waals surface area contributed by atoms with Crippen LogP contribution < -0.4 is 10.6 Å². The highest BCUT2D eigenvalue weighted by atomic mass is 79.9. The molecule has 0 radical (unpaired) electrons. The number of primary amides is 1. The Morgan fingerprint density at radius 3 is 2.09 bits per heavy atom. The van der Waals surface area contributed by atoms with Crippen LogP contribution in [0.3, 0.4) is 0 Å². The van der Waals surface area contributed by atoms with Gasteiger partial charge in [-0.3, -0.25) is 4.79 Å². The normalized spacial score (nSPS) is 10.4. The number of nitrogens with two attached hydrogens (primary N) is 1. The number of carbonyl (C=O) groups is 2. The lowest BCUT2D eigenvalue weighted by Crippen LogP contribution is -2.41. The quantitative estimate of drug-likeness (QED) is 0.657. The van der Waals surface area contributed by atoms with Gasteiger partial charge in [-0.1, -0.05) is 29.3 Å². The number of carbonyl (C=O) groups excluding carboxylic acids is 2. The molecule has 0 aliphatic carbocycles. The van der Waals surface area contributed by atoms with Crippen LogP contribution in [0, 0.1) is 0 Å². The smallest absolute Gasteiger partial charge is 0.326 e. The summed E-state index contributed by atoms with van der Waals surface area (Å²) in [6, 6.07) is 8.57. The first-order valence-corrected chi connectivity index (χ1v) is 8.20.